The molecule has 0 aromatic carbocycles. The normalized spacial score (nSPS) is 25.9. The molecule has 0 radical (unpaired) electrons. The van der Waals surface area contributed by atoms with Crippen LogP contribution in [0, 0.1) is 5.92 Å². The Morgan fingerprint density at radius 2 is 2.07 bits per heavy atom. The minimum absolute atomic E-state index is 0.0890. The van der Waals surface area contributed by atoms with Crippen molar-refractivity contribution in [1.82, 2.24) is 10.2 Å². The third kappa shape index (κ3) is 2.56. The summed E-state index contributed by atoms with van der Waals surface area (Å²) >= 11 is 0. The Balaban J connectivity index is 2.53. The van der Waals surface area contributed by atoms with E-state index in [0.717, 1.165) is 6.42 Å². The highest BCUT2D eigenvalue weighted by Gasteiger charge is 2.36. The van der Waals surface area contributed by atoms with E-state index >= 15 is 0 Å². The van der Waals surface area contributed by atoms with E-state index in [0.29, 0.717) is 12.3 Å². The lowest BCUT2D eigenvalue weighted by molar-refractivity contribution is -0.137. The van der Waals surface area contributed by atoms with Crippen molar-refractivity contribution in [3.63, 3.8) is 0 Å². The molecule has 2 amide bonds. The van der Waals surface area contributed by atoms with Crippen LogP contribution in [-0.4, -0.2) is 35.8 Å². The Morgan fingerprint density at radius 3 is 2.47 bits per heavy atom. The first-order valence-electron chi connectivity index (χ1n) is 5.53. The van der Waals surface area contributed by atoms with Gasteiger partial charge in [-0.3, -0.25) is 14.5 Å². The summed E-state index contributed by atoms with van der Waals surface area (Å²) in [6.45, 7) is 6.32. The molecule has 0 aromatic rings. The number of nitrogens with one attached hydrogen (secondary N) is 1. The molecule has 1 aliphatic heterocycles. The van der Waals surface area contributed by atoms with E-state index in [9.17, 15) is 9.59 Å². The van der Waals surface area contributed by atoms with Crippen LogP contribution in [0.2, 0.25) is 0 Å². The molecule has 0 saturated carbocycles. The largest absolute Gasteiger partial charge is 0.303 e. The third-order valence-corrected chi connectivity index (χ3v) is 3.34. The van der Waals surface area contributed by atoms with Crippen LogP contribution in [-0.2, 0) is 9.59 Å². The van der Waals surface area contributed by atoms with Crippen molar-refractivity contribution in [3.8, 4) is 0 Å². The molecular weight excluding hydrogens is 192 g/mol. The number of likely N-dealkylation sites (N-methyl/N-ethyl adjacent to an activating group) is 1. The average Bonchev–Trinajstić information content (AvgIpc) is 2.45. The minimum atomic E-state index is -0.313. The number of hydrogen-bond acceptors (Lipinski definition) is 3. The van der Waals surface area contributed by atoms with Crippen molar-refractivity contribution in [2.75, 3.05) is 7.05 Å². The highest BCUT2D eigenvalue weighted by molar-refractivity contribution is 6.05. The number of rotatable bonds is 4. The highest BCUT2D eigenvalue weighted by Crippen LogP contribution is 2.14. The summed E-state index contributed by atoms with van der Waals surface area (Å²) in [7, 11) is 1.54. The first kappa shape index (κ1) is 12.2. The van der Waals surface area contributed by atoms with Crippen molar-refractivity contribution >= 4 is 11.8 Å². The van der Waals surface area contributed by atoms with Crippen LogP contribution in [0.25, 0.3) is 0 Å². The number of imide groups is 1. The molecule has 0 spiro atoms. The van der Waals surface area contributed by atoms with Crippen LogP contribution in [0.4, 0.5) is 0 Å². The van der Waals surface area contributed by atoms with Crippen molar-refractivity contribution in [2.45, 2.75) is 45.7 Å². The Hall–Kier alpha value is -0.900. The lowest BCUT2D eigenvalue weighted by Gasteiger charge is -2.22. The SMILES string of the molecule is CCC(C)C(C)NC1CC(=O)N(C)C1=O. The molecule has 1 N–H and O–H groups in total. The van der Waals surface area contributed by atoms with E-state index in [2.05, 4.69) is 26.1 Å². The van der Waals surface area contributed by atoms with E-state index < -0.39 is 0 Å². The maximum Gasteiger partial charge on any atom is 0.246 e. The van der Waals surface area contributed by atoms with Gasteiger partial charge in [0.2, 0.25) is 11.8 Å². The highest BCUT2D eigenvalue weighted by atomic mass is 16.2. The van der Waals surface area contributed by atoms with Gasteiger partial charge in [-0.15, -0.1) is 0 Å². The van der Waals surface area contributed by atoms with Gasteiger partial charge in [0.15, 0.2) is 0 Å². The van der Waals surface area contributed by atoms with E-state index in [1.54, 1.807) is 7.05 Å². The molecule has 4 heteroatoms. The van der Waals surface area contributed by atoms with Gasteiger partial charge in [-0.2, -0.15) is 0 Å². The molecule has 86 valence electrons. The van der Waals surface area contributed by atoms with Crippen molar-refractivity contribution < 1.29 is 9.59 Å². The fourth-order valence-corrected chi connectivity index (χ4v) is 1.72. The molecule has 0 aromatic heterocycles. The van der Waals surface area contributed by atoms with Gasteiger partial charge in [0, 0.05) is 13.1 Å². The number of likely N-dealkylation sites (tertiary alicyclic amines) is 1. The zero-order valence-corrected chi connectivity index (χ0v) is 9.91. The summed E-state index contributed by atoms with van der Waals surface area (Å²) in [4.78, 5) is 24.1. The van der Waals surface area contributed by atoms with Crippen LogP contribution in [0.3, 0.4) is 0 Å². The summed E-state index contributed by atoms with van der Waals surface area (Å²) in [5, 5.41) is 3.23. The van der Waals surface area contributed by atoms with Crippen LogP contribution in [0.1, 0.15) is 33.6 Å². The monoisotopic (exact) mass is 212 g/mol. The van der Waals surface area contributed by atoms with Gasteiger partial charge in [-0.25, -0.2) is 0 Å². The van der Waals surface area contributed by atoms with Gasteiger partial charge in [0.05, 0.1) is 12.5 Å². The van der Waals surface area contributed by atoms with Crippen molar-refractivity contribution in [3.05, 3.63) is 0 Å². The van der Waals surface area contributed by atoms with Gasteiger partial charge in [0.25, 0.3) is 0 Å². The number of nitrogens with zero attached hydrogens (tertiary/aromatic N) is 1. The van der Waals surface area contributed by atoms with E-state index in [-0.39, 0.29) is 23.9 Å². The molecule has 1 fully saturated rings. The molecule has 4 nitrogen and oxygen atoms in total. The van der Waals surface area contributed by atoms with Crippen molar-refractivity contribution in [1.29, 1.82) is 0 Å². The topological polar surface area (TPSA) is 49.4 Å². The van der Waals surface area contributed by atoms with Gasteiger partial charge in [-0.05, 0) is 12.8 Å². The number of hydrogen-bond donors (Lipinski definition) is 1. The average molecular weight is 212 g/mol. The van der Waals surface area contributed by atoms with Gasteiger partial charge < -0.3 is 5.32 Å². The number of carbonyl (C=O) groups excluding carboxylic acids is 2. The Morgan fingerprint density at radius 1 is 1.47 bits per heavy atom. The Kier molecular flexibility index (Phi) is 3.85. The summed E-state index contributed by atoms with van der Waals surface area (Å²) < 4.78 is 0. The van der Waals surface area contributed by atoms with Crippen LogP contribution < -0.4 is 5.32 Å². The minimum Gasteiger partial charge on any atom is -0.303 e. The molecule has 3 atom stereocenters. The van der Waals surface area contributed by atoms with E-state index in [1.807, 2.05) is 0 Å². The van der Waals surface area contributed by atoms with E-state index in [4.69, 9.17) is 0 Å². The second kappa shape index (κ2) is 4.75. The van der Waals surface area contributed by atoms with Gasteiger partial charge in [0.1, 0.15) is 0 Å². The van der Waals surface area contributed by atoms with Crippen LogP contribution in [0.5, 0.6) is 0 Å². The fourth-order valence-electron chi connectivity index (χ4n) is 1.72. The lowest BCUT2D eigenvalue weighted by atomic mass is 10.00. The standard InChI is InChI=1S/C11H20N2O2/c1-5-7(2)8(3)12-9-6-10(14)13(4)11(9)15/h7-9,12H,5-6H2,1-4H3. The summed E-state index contributed by atoms with van der Waals surface area (Å²) in [5.74, 6) is 0.322. The van der Waals surface area contributed by atoms with E-state index in [1.165, 1.54) is 4.90 Å². The van der Waals surface area contributed by atoms with Crippen LogP contribution >= 0.6 is 0 Å². The van der Waals surface area contributed by atoms with Crippen molar-refractivity contribution in [2.24, 2.45) is 5.92 Å². The molecule has 1 heterocycles. The maximum absolute atomic E-state index is 11.6. The molecule has 1 saturated heterocycles. The van der Waals surface area contributed by atoms with Gasteiger partial charge in [-0.1, -0.05) is 20.3 Å². The summed E-state index contributed by atoms with van der Waals surface area (Å²) in [5.41, 5.74) is 0. The molecular formula is C11H20N2O2. The Labute approximate surface area is 91.0 Å². The molecule has 0 aliphatic carbocycles. The second-order valence-electron chi connectivity index (χ2n) is 4.39. The summed E-state index contributed by atoms with van der Waals surface area (Å²) in [6, 6.07) is -0.0465. The molecule has 3 unspecified atom stereocenters. The number of carbonyl (C=O) groups is 2. The third-order valence-electron chi connectivity index (χ3n) is 3.34. The van der Waals surface area contributed by atoms with Crippen LogP contribution in [0.15, 0.2) is 0 Å². The zero-order valence-electron chi connectivity index (χ0n) is 9.91. The Bertz CT molecular complexity index is 265. The molecule has 15 heavy (non-hydrogen) atoms. The fraction of sp³-hybridized carbons (Fsp3) is 0.818. The van der Waals surface area contributed by atoms with Gasteiger partial charge >= 0.3 is 0 Å². The summed E-state index contributed by atoms with van der Waals surface area (Å²) in [6.07, 6.45) is 1.37. The predicted molar refractivity (Wildman–Crippen MR) is 58.2 cm³/mol. The second-order valence-corrected chi connectivity index (χ2v) is 4.39. The maximum atomic E-state index is 11.6. The first-order chi connectivity index (χ1) is 6.97. The smallest absolute Gasteiger partial charge is 0.246 e. The molecule has 1 aliphatic rings. The molecule has 1 rings (SSSR count). The molecule has 0 bridgehead atoms. The quantitative estimate of drug-likeness (QED) is 0.700. The number of amides is 2. The zero-order chi connectivity index (χ0) is 11.6. The first-order valence-corrected chi connectivity index (χ1v) is 5.53. The predicted octanol–water partition coefficient (Wildman–Crippen LogP) is 0.768. The lowest BCUT2D eigenvalue weighted by Crippen LogP contribution is -2.44.